The summed E-state index contributed by atoms with van der Waals surface area (Å²) >= 11 is 6.65. The molecule has 0 radical (unpaired) electrons. The number of pyridine rings is 1. The first kappa shape index (κ1) is 41.3. The van der Waals surface area contributed by atoms with Gasteiger partial charge in [-0.3, -0.25) is 15.1 Å². The minimum atomic E-state index is -4.71. The van der Waals surface area contributed by atoms with Crippen LogP contribution in [-0.2, 0) is 30.7 Å². The van der Waals surface area contributed by atoms with E-state index in [9.17, 15) is 38.5 Å². The van der Waals surface area contributed by atoms with Crippen LogP contribution in [0.15, 0.2) is 67.0 Å². The second-order valence-electron chi connectivity index (χ2n) is 13.5. The number of carbonyl (C=O) groups is 1. The summed E-state index contributed by atoms with van der Waals surface area (Å²) in [4.78, 5) is 17.9. The van der Waals surface area contributed by atoms with Gasteiger partial charge in [0.25, 0.3) is 0 Å². The number of hydrogen-bond acceptors (Lipinski definition) is 10. The number of carboxylic acids is 1. The van der Waals surface area contributed by atoms with Crippen molar-refractivity contribution in [3.05, 3.63) is 105 Å². The van der Waals surface area contributed by atoms with Gasteiger partial charge in [-0.2, -0.15) is 18.4 Å². The first-order valence-electron chi connectivity index (χ1n) is 17.6. The third-order valence-corrected chi connectivity index (χ3v) is 9.74. The molecule has 0 spiro atoms. The molecule has 292 valence electrons. The molecule has 0 amide bonds. The molecular weight excluding hydrogens is 741 g/mol. The van der Waals surface area contributed by atoms with E-state index in [0.717, 1.165) is 6.54 Å². The maximum absolute atomic E-state index is 14.7. The number of rotatable bonds is 17. The number of ether oxygens (including phenoxy) is 3. The number of alkyl halides is 3. The van der Waals surface area contributed by atoms with Crippen molar-refractivity contribution in [1.82, 2.24) is 15.2 Å². The van der Waals surface area contributed by atoms with Crippen LogP contribution in [0, 0.1) is 18.3 Å². The largest absolute Gasteiger partial charge is 0.493 e. The molecule has 1 unspecified atom stereocenters. The van der Waals surface area contributed by atoms with E-state index in [1.807, 2.05) is 6.07 Å². The smallest absolute Gasteiger partial charge is 0.420 e. The van der Waals surface area contributed by atoms with Crippen LogP contribution in [0.25, 0.3) is 11.1 Å². The highest BCUT2D eigenvalue weighted by Gasteiger charge is 2.38. The van der Waals surface area contributed by atoms with E-state index >= 15 is 0 Å². The Bertz CT molecular complexity index is 2030. The van der Waals surface area contributed by atoms with E-state index in [-0.39, 0.29) is 60.3 Å². The number of halogens is 4. The molecule has 3 aromatic carbocycles. The molecule has 1 aliphatic heterocycles. The van der Waals surface area contributed by atoms with Crippen LogP contribution < -0.4 is 19.5 Å². The Balaban J connectivity index is 1.38. The van der Waals surface area contributed by atoms with Gasteiger partial charge in [0.1, 0.15) is 47.6 Å². The lowest BCUT2D eigenvalue weighted by Crippen LogP contribution is -2.52. The van der Waals surface area contributed by atoms with Crippen molar-refractivity contribution in [1.29, 1.82) is 5.26 Å². The van der Waals surface area contributed by atoms with Gasteiger partial charge in [-0.05, 0) is 67.1 Å². The number of nitrogens with zero attached hydrogens (tertiary/aromatic N) is 3. The molecule has 11 nitrogen and oxygen atoms in total. The normalized spacial score (nSPS) is 15.7. The molecule has 2 atom stereocenters. The van der Waals surface area contributed by atoms with Crippen LogP contribution in [0.4, 0.5) is 13.2 Å². The molecule has 2 heterocycles. The summed E-state index contributed by atoms with van der Waals surface area (Å²) in [5, 5.41) is 41.3. The molecule has 1 aromatic heterocycles. The van der Waals surface area contributed by atoms with Gasteiger partial charge in [0, 0.05) is 55.8 Å². The fourth-order valence-corrected chi connectivity index (χ4v) is 6.42. The van der Waals surface area contributed by atoms with Gasteiger partial charge in [0.15, 0.2) is 0 Å². The fourth-order valence-electron chi connectivity index (χ4n) is 6.18. The van der Waals surface area contributed by atoms with Gasteiger partial charge in [-0.25, -0.2) is 0 Å². The first-order chi connectivity index (χ1) is 26.2. The Morgan fingerprint density at radius 1 is 1.04 bits per heavy atom. The molecule has 0 bridgehead atoms. The van der Waals surface area contributed by atoms with Crippen molar-refractivity contribution in [2.24, 2.45) is 0 Å². The first-order valence-corrected chi connectivity index (χ1v) is 17.9. The van der Waals surface area contributed by atoms with Crippen LogP contribution in [0.3, 0.4) is 0 Å². The molecule has 1 aliphatic rings. The monoisotopic (exact) mass is 782 g/mol. The number of hydrogen-bond donors (Lipinski definition) is 4. The zero-order valence-electron chi connectivity index (χ0n) is 30.3. The van der Waals surface area contributed by atoms with Crippen LogP contribution in [0.5, 0.6) is 17.2 Å². The molecule has 4 aromatic rings. The van der Waals surface area contributed by atoms with Crippen molar-refractivity contribution in [3.63, 3.8) is 0 Å². The minimum Gasteiger partial charge on any atom is -0.493 e. The maximum Gasteiger partial charge on any atom is 0.420 e. The summed E-state index contributed by atoms with van der Waals surface area (Å²) in [6, 6.07) is 15.9. The van der Waals surface area contributed by atoms with Gasteiger partial charge in [0.2, 0.25) is 0 Å². The standard InChI is InChI=1S/C40H42ClF3N4O7/c1-25-28(6-3-7-31(25)32-8-4-9-34(37(32)40(42,43)44)53-13-5-11-48-12-10-30(50)21-48)23-55-36-16-35(54-22-27-14-26(17-45)18-46-19-27)29(15-33(36)41)20-47-39(2,24-49)38(51)52/h3-4,6-9,14-16,18-19,30,47,49-50H,5,10-13,20-24H2,1-2H3,(H,51,52)/t30-,39?/m1/s1. The van der Waals surface area contributed by atoms with Crippen LogP contribution in [0.2, 0.25) is 5.02 Å². The minimum absolute atomic E-state index is 0.0131. The predicted octanol–water partition coefficient (Wildman–Crippen LogP) is 6.52. The average molecular weight is 783 g/mol. The highest BCUT2D eigenvalue weighted by molar-refractivity contribution is 6.32. The zero-order chi connectivity index (χ0) is 39.8. The second kappa shape index (κ2) is 18.1. The summed E-state index contributed by atoms with van der Waals surface area (Å²) in [6.45, 7) is 4.17. The van der Waals surface area contributed by atoms with E-state index in [0.29, 0.717) is 59.3 Å². The Morgan fingerprint density at radius 3 is 2.47 bits per heavy atom. The third kappa shape index (κ3) is 10.4. The highest BCUT2D eigenvalue weighted by Crippen LogP contribution is 2.44. The second-order valence-corrected chi connectivity index (χ2v) is 13.9. The Kier molecular flexibility index (Phi) is 13.6. The Morgan fingerprint density at radius 2 is 1.78 bits per heavy atom. The summed E-state index contributed by atoms with van der Waals surface area (Å²) < 4.78 is 61.9. The quantitative estimate of drug-likeness (QED) is 0.0865. The SMILES string of the molecule is Cc1c(COc2cc(OCc3cncc(C#N)c3)c(CNC(C)(CO)C(=O)O)cc2Cl)cccc1-c1cccc(OCCCN2CC[C@@H](O)C2)c1C(F)(F)F. The molecule has 5 rings (SSSR count). The number of aliphatic hydroxyl groups excluding tert-OH is 2. The number of β-amino-alcohol motifs (C(OH)–C–C–N with tert-alkyl or cyclic N) is 1. The number of carboxylic acid groups (broad SMARTS) is 1. The van der Waals surface area contributed by atoms with Gasteiger partial charge in [-0.15, -0.1) is 0 Å². The van der Waals surface area contributed by atoms with Gasteiger partial charge >= 0.3 is 12.1 Å². The zero-order valence-corrected chi connectivity index (χ0v) is 31.1. The third-order valence-electron chi connectivity index (χ3n) is 9.44. The maximum atomic E-state index is 14.7. The molecule has 4 N–H and O–H groups in total. The van der Waals surface area contributed by atoms with Gasteiger partial charge < -0.3 is 34.4 Å². The van der Waals surface area contributed by atoms with Crippen LogP contribution in [0.1, 0.15) is 53.1 Å². The molecule has 1 fully saturated rings. The van der Waals surface area contributed by atoms with E-state index in [2.05, 4.69) is 15.2 Å². The molecular formula is C40H42ClF3N4O7. The number of benzene rings is 3. The average Bonchev–Trinajstić information content (AvgIpc) is 3.58. The molecule has 0 aliphatic carbocycles. The number of aromatic nitrogens is 1. The lowest BCUT2D eigenvalue weighted by Gasteiger charge is -2.25. The van der Waals surface area contributed by atoms with Gasteiger partial charge in [0.05, 0.1) is 29.9 Å². The summed E-state index contributed by atoms with van der Waals surface area (Å²) in [7, 11) is 0. The number of aliphatic carboxylic acids is 1. The Labute approximate surface area is 321 Å². The summed E-state index contributed by atoms with van der Waals surface area (Å²) in [5.41, 5.74) is 0.269. The molecule has 15 heteroatoms. The van der Waals surface area contributed by atoms with Crippen molar-refractivity contribution in [3.8, 4) is 34.4 Å². The van der Waals surface area contributed by atoms with E-state index < -0.39 is 29.9 Å². The number of nitriles is 1. The number of nitrogens with one attached hydrogen (secondary N) is 1. The lowest BCUT2D eigenvalue weighted by atomic mass is 9.92. The highest BCUT2D eigenvalue weighted by atomic mass is 35.5. The van der Waals surface area contributed by atoms with E-state index in [1.54, 1.807) is 31.2 Å². The number of aliphatic hydroxyl groups is 2. The van der Waals surface area contributed by atoms with Crippen molar-refractivity contribution in [2.75, 3.05) is 32.8 Å². The van der Waals surface area contributed by atoms with E-state index in [1.165, 1.54) is 49.6 Å². The number of likely N-dealkylation sites (tertiary alicyclic amines) is 1. The van der Waals surface area contributed by atoms with Crippen LogP contribution >= 0.6 is 11.6 Å². The lowest BCUT2D eigenvalue weighted by molar-refractivity contribution is -0.146. The predicted molar refractivity (Wildman–Crippen MR) is 198 cm³/mol. The van der Waals surface area contributed by atoms with E-state index in [4.69, 9.17) is 25.8 Å². The Hall–Kier alpha value is -4.91. The van der Waals surface area contributed by atoms with Crippen LogP contribution in [-0.4, -0.2) is 75.7 Å². The van der Waals surface area contributed by atoms with Crippen molar-refractivity contribution < 1.29 is 47.5 Å². The molecule has 55 heavy (non-hydrogen) atoms. The van der Waals surface area contributed by atoms with Crippen molar-refractivity contribution >= 4 is 17.6 Å². The fraction of sp³-hybridized carbons (Fsp3) is 0.375. The van der Waals surface area contributed by atoms with Crippen molar-refractivity contribution in [2.45, 2.75) is 64.3 Å². The molecule has 0 saturated carbocycles. The summed E-state index contributed by atoms with van der Waals surface area (Å²) in [6.07, 6.45) is -0.972. The molecule has 1 saturated heterocycles. The topological polar surface area (TPSA) is 157 Å². The summed E-state index contributed by atoms with van der Waals surface area (Å²) in [5.74, 6) is -1.08. The van der Waals surface area contributed by atoms with Gasteiger partial charge in [-0.1, -0.05) is 41.9 Å².